The topological polar surface area (TPSA) is 99.1 Å². The summed E-state index contributed by atoms with van der Waals surface area (Å²) < 4.78 is 12.0. The van der Waals surface area contributed by atoms with E-state index in [-0.39, 0.29) is 41.1 Å². The fourth-order valence-electron chi connectivity index (χ4n) is 8.43. The van der Waals surface area contributed by atoms with Crippen LogP contribution in [0.15, 0.2) is 24.3 Å². The standard InChI is InChI=1S/C31H44NO6/c1-17-6-12-24(25-16-37-18(2)7-13-23(17)25)19(3)30(36)38-22-10-8-20(9-11-22)28(33)32-15-21-14-31(4,5)26(21)27(32)29(34)35/h8-11,17-19,21,23-27,30H,6-7,12-16H2,1-5H3,(H,34,35)/q-1/t17-,18?,19-,21+,23+,24+,25?,26+,27+,30-/m1/s1. The zero-order valence-electron chi connectivity index (χ0n) is 23.5. The summed E-state index contributed by atoms with van der Waals surface area (Å²) in [5.74, 6) is 1.22. The quantitative estimate of drug-likeness (QED) is 0.551. The van der Waals surface area contributed by atoms with Gasteiger partial charge in [-0.15, -0.1) is 0 Å². The van der Waals surface area contributed by atoms with Crippen molar-refractivity contribution in [2.75, 3.05) is 13.2 Å². The fourth-order valence-corrected chi connectivity index (χ4v) is 8.43. The summed E-state index contributed by atoms with van der Waals surface area (Å²) >= 11 is 0. The normalized spacial score (nSPS) is 37.7. The number of carboxylic acid groups (broad SMARTS) is 1. The zero-order valence-corrected chi connectivity index (χ0v) is 23.5. The average Bonchev–Trinajstić information content (AvgIpc) is 3.08. The molecule has 2 unspecified atom stereocenters. The molecule has 2 saturated carbocycles. The Labute approximate surface area is 226 Å². The average molecular weight is 527 g/mol. The van der Waals surface area contributed by atoms with Gasteiger partial charge < -0.3 is 24.6 Å². The van der Waals surface area contributed by atoms with Crippen LogP contribution in [-0.4, -0.2) is 53.5 Å². The van der Waals surface area contributed by atoms with Gasteiger partial charge >= 0.3 is 5.97 Å². The van der Waals surface area contributed by atoms with E-state index in [1.807, 2.05) is 6.92 Å². The van der Waals surface area contributed by atoms with Crippen molar-refractivity contribution in [3.05, 3.63) is 29.8 Å². The van der Waals surface area contributed by atoms with E-state index in [1.54, 1.807) is 24.3 Å². The lowest BCUT2D eigenvalue weighted by Gasteiger charge is -2.48. The summed E-state index contributed by atoms with van der Waals surface area (Å²) in [6, 6.07) is 5.84. The van der Waals surface area contributed by atoms with E-state index < -0.39 is 18.3 Å². The number of likely N-dealkylation sites (tertiary alicyclic amines) is 1. The van der Waals surface area contributed by atoms with Gasteiger partial charge in [0.25, 0.3) is 5.91 Å². The highest BCUT2D eigenvalue weighted by molar-refractivity contribution is 5.97. The molecule has 4 fully saturated rings. The Balaban J connectivity index is 1.23. The van der Waals surface area contributed by atoms with E-state index in [0.717, 1.165) is 38.7 Å². The highest BCUT2D eigenvalue weighted by Gasteiger charge is 2.60. The van der Waals surface area contributed by atoms with Crippen molar-refractivity contribution in [2.45, 2.75) is 85.2 Å². The van der Waals surface area contributed by atoms with Gasteiger partial charge in [0.2, 0.25) is 0 Å². The third-order valence-corrected chi connectivity index (χ3v) is 10.5. The molecule has 2 saturated heterocycles. The van der Waals surface area contributed by atoms with E-state index in [4.69, 9.17) is 9.47 Å². The van der Waals surface area contributed by atoms with Gasteiger partial charge in [0.1, 0.15) is 11.8 Å². The first-order chi connectivity index (χ1) is 18.0. The maximum absolute atomic E-state index is 13.3. The van der Waals surface area contributed by atoms with E-state index in [0.29, 0.717) is 35.6 Å². The molecule has 0 bridgehead atoms. The predicted molar refractivity (Wildman–Crippen MR) is 141 cm³/mol. The third-order valence-electron chi connectivity index (χ3n) is 10.5. The molecule has 2 aliphatic carbocycles. The summed E-state index contributed by atoms with van der Waals surface area (Å²) in [6.45, 7) is 11.9. The van der Waals surface area contributed by atoms with Crippen LogP contribution in [0, 0.1) is 46.8 Å². The molecule has 4 aliphatic rings. The Morgan fingerprint density at radius 2 is 1.82 bits per heavy atom. The number of amides is 1. The SMILES string of the molecule is CC1CC[C@@H]2C(CO1)[C@H]([C@@H](C)[C@H]([O-])Oc1ccc(C(=O)N3C[C@@H]4CC(C)(C)[C@@H]4[C@H]3C(=O)O)cc1)CC[C@H]2C. The molecule has 1 aromatic carbocycles. The van der Waals surface area contributed by atoms with Crippen LogP contribution in [0.3, 0.4) is 0 Å². The molecule has 0 radical (unpaired) electrons. The lowest BCUT2D eigenvalue weighted by Crippen LogP contribution is -2.51. The number of hydrogen-bond donors (Lipinski definition) is 1. The van der Waals surface area contributed by atoms with Gasteiger partial charge in [-0.2, -0.15) is 0 Å². The van der Waals surface area contributed by atoms with Gasteiger partial charge in [-0.1, -0.05) is 34.1 Å². The lowest BCUT2D eigenvalue weighted by molar-refractivity contribution is -0.489. The van der Waals surface area contributed by atoms with Crippen LogP contribution in [-0.2, 0) is 9.53 Å². The van der Waals surface area contributed by atoms with Gasteiger partial charge in [-0.05, 0) is 104 Å². The number of nitrogens with zero attached hydrogens (tertiary/aromatic N) is 1. The number of carboxylic acids is 1. The Kier molecular flexibility index (Phi) is 7.55. The number of carbonyl (C=O) groups excluding carboxylic acids is 1. The first kappa shape index (κ1) is 27.4. The maximum Gasteiger partial charge on any atom is 0.326 e. The first-order valence-corrected chi connectivity index (χ1v) is 14.6. The molecule has 0 spiro atoms. The van der Waals surface area contributed by atoms with Gasteiger partial charge in [0.05, 0.1) is 12.7 Å². The summed E-state index contributed by atoms with van der Waals surface area (Å²) in [5.41, 5.74) is 0.352. The minimum Gasteiger partial charge on any atom is -0.821 e. The van der Waals surface area contributed by atoms with Crippen molar-refractivity contribution in [2.24, 2.45) is 46.8 Å². The van der Waals surface area contributed by atoms with Crippen molar-refractivity contribution in [3.63, 3.8) is 0 Å². The number of hydrogen-bond acceptors (Lipinski definition) is 5. The van der Waals surface area contributed by atoms with Crippen LogP contribution in [0.25, 0.3) is 0 Å². The van der Waals surface area contributed by atoms with Gasteiger partial charge in [0.15, 0.2) is 0 Å². The predicted octanol–water partition coefficient (Wildman–Crippen LogP) is 4.44. The monoisotopic (exact) mass is 526 g/mol. The largest absolute Gasteiger partial charge is 0.821 e. The van der Waals surface area contributed by atoms with Crippen LogP contribution in [0.4, 0.5) is 0 Å². The molecule has 7 heteroatoms. The molecule has 210 valence electrons. The second-order valence-electron chi connectivity index (χ2n) is 13.4. The Morgan fingerprint density at radius 3 is 2.47 bits per heavy atom. The lowest BCUT2D eigenvalue weighted by atomic mass is 9.55. The van der Waals surface area contributed by atoms with Crippen molar-refractivity contribution < 1.29 is 29.3 Å². The van der Waals surface area contributed by atoms with Gasteiger partial charge in [-0.3, -0.25) is 4.79 Å². The zero-order chi connectivity index (χ0) is 27.4. The van der Waals surface area contributed by atoms with Crippen molar-refractivity contribution >= 4 is 11.9 Å². The molecule has 2 heterocycles. The molecule has 7 nitrogen and oxygen atoms in total. The smallest absolute Gasteiger partial charge is 0.326 e. The molecule has 10 atom stereocenters. The van der Waals surface area contributed by atoms with Crippen molar-refractivity contribution in [3.8, 4) is 5.75 Å². The van der Waals surface area contributed by atoms with Gasteiger partial charge in [0, 0.05) is 18.4 Å². The van der Waals surface area contributed by atoms with E-state index in [9.17, 15) is 19.8 Å². The Hall–Kier alpha value is -2.12. The minimum atomic E-state index is -1.20. The fraction of sp³-hybridized carbons (Fsp3) is 0.742. The third kappa shape index (κ3) is 4.97. The van der Waals surface area contributed by atoms with Crippen LogP contribution in [0.2, 0.25) is 0 Å². The molecule has 38 heavy (non-hydrogen) atoms. The number of aliphatic carboxylic acids is 1. The van der Waals surface area contributed by atoms with Crippen LogP contribution in [0.1, 0.15) is 77.1 Å². The second-order valence-corrected chi connectivity index (χ2v) is 13.4. The molecule has 1 aromatic rings. The second kappa shape index (κ2) is 10.5. The first-order valence-electron chi connectivity index (χ1n) is 14.6. The molecule has 2 aliphatic heterocycles. The van der Waals surface area contributed by atoms with Crippen molar-refractivity contribution in [1.82, 2.24) is 4.90 Å². The summed E-state index contributed by atoms with van der Waals surface area (Å²) in [7, 11) is 0. The molecule has 5 rings (SSSR count). The highest BCUT2D eigenvalue weighted by atomic mass is 16.6. The number of rotatable bonds is 6. The number of carbonyl (C=O) groups is 2. The van der Waals surface area contributed by atoms with Gasteiger partial charge in [-0.25, -0.2) is 4.79 Å². The summed E-state index contributed by atoms with van der Waals surface area (Å²) in [5, 5.41) is 23.2. The number of fused-ring (bicyclic) bond motifs is 2. The Morgan fingerprint density at radius 1 is 1.11 bits per heavy atom. The summed E-state index contributed by atoms with van der Waals surface area (Å²) in [6.07, 6.45) is 4.42. The Bertz CT molecular complexity index is 1020. The molecular weight excluding hydrogens is 482 g/mol. The summed E-state index contributed by atoms with van der Waals surface area (Å²) in [4.78, 5) is 26.9. The molecule has 1 N–H and O–H groups in total. The molecule has 0 aromatic heterocycles. The highest BCUT2D eigenvalue weighted by Crippen LogP contribution is 2.57. The van der Waals surface area contributed by atoms with E-state index in [2.05, 4.69) is 27.7 Å². The van der Waals surface area contributed by atoms with Crippen LogP contribution in [0.5, 0.6) is 5.75 Å². The van der Waals surface area contributed by atoms with Crippen LogP contribution >= 0.6 is 0 Å². The van der Waals surface area contributed by atoms with Crippen LogP contribution < -0.4 is 9.84 Å². The van der Waals surface area contributed by atoms with E-state index >= 15 is 0 Å². The molecular formula is C31H44NO6-. The number of benzene rings is 1. The minimum absolute atomic E-state index is 0.0151. The molecule has 1 amide bonds. The van der Waals surface area contributed by atoms with E-state index in [1.165, 1.54) is 4.90 Å². The van der Waals surface area contributed by atoms with Crippen molar-refractivity contribution in [1.29, 1.82) is 0 Å². The maximum atomic E-state index is 13.3. The number of ether oxygens (including phenoxy) is 2.